The zero-order valence-electron chi connectivity index (χ0n) is 13.4. The van der Waals surface area contributed by atoms with Crippen molar-refractivity contribution >= 4 is 23.6 Å². The zero-order chi connectivity index (χ0) is 16.9. The lowest BCUT2D eigenvalue weighted by Crippen LogP contribution is -2.29. The second-order valence-corrected chi connectivity index (χ2v) is 6.64. The van der Waals surface area contributed by atoms with E-state index < -0.39 is 0 Å². The Kier molecular flexibility index (Phi) is 5.20. The van der Waals surface area contributed by atoms with Gasteiger partial charge in [-0.3, -0.25) is 9.59 Å². The molecule has 1 aliphatic rings. The topological polar surface area (TPSA) is 64.4 Å². The molecular weight excluding hydrogens is 326 g/mol. The molecule has 1 atom stereocenters. The summed E-state index contributed by atoms with van der Waals surface area (Å²) in [4.78, 5) is 29.1. The lowest BCUT2D eigenvalue weighted by molar-refractivity contribution is -0.132. The molecule has 0 aliphatic carbocycles. The first-order valence-electron chi connectivity index (χ1n) is 7.78. The van der Waals surface area contributed by atoms with Crippen LogP contribution in [0.2, 0.25) is 0 Å². The molecule has 1 aromatic carbocycles. The molecule has 1 aliphatic heterocycles. The van der Waals surface area contributed by atoms with Gasteiger partial charge in [-0.15, -0.1) is 11.8 Å². The van der Waals surface area contributed by atoms with E-state index in [9.17, 15) is 9.59 Å². The number of rotatable bonds is 6. The van der Waals surface area contributed by atoms with Crippen molar-refractivity contribution in [2.24, 2.45) is 0 Å². The number of thioether (sulfide) groups is 1. The Morgan fingerprint density at radius 1 is 1.33 bits per heavy atom. The Morgan fingerprint density at radius 2 is 2.12 bits per heavy atom. The maximum Gasteiger partial charge on any atom is 0.308 e. The van der Waals surface area contributed by atoms with E-state index in [0.29, 0.717) is 18.0 Å². The summed E-state index contributed by atoms with van der Waals surface area (Å²) in [5.41, 5.74) is 1.05. The van der Waals surface area contributed by atoms with Gasteiger partial charge in [0, 0.05) is 32.4 Å². The molecule has 2 aromatic rings. The van der Waals surface area contributed by atoms with Gasteiger partial charge in [0.05, 0.1) is 12.1 Å². The standard InChI is InChI=1S/C17H19N3O3S/c1-13(21)23-15-5-3-14(4-6-15)17-20(16(22)11-24-17)9-2-8-19-10-7-18-12-19/h3-7,10,12,17H,2,8-9,11H2,1H3. The van der Waals surface area contributed by atoms with Crippen LogP contribution in [0.5, 0.6) is 5.75 Å². The van der Waals surface area contributed by atoms with Crippen LogP contribution < -0.4 is 4.74 Å². The smallest absolute Gasteiger partial charge is 0.308 e. The molecular formula is C17H19N3O3S. The van der Waals surface area contributed by atoms with Crippen molar-refractivity contribution in [1.29, 1.82) is 0 Å². The summed E-state index contributed by atoms with van der Waals surface area (Å²) >= 11 is 1.63. The average Bonchev–Trinajstić information content (AvgIpc) is 3.19. The minimum Gasteiger partial charge on any atom is -0.427 e. The first-order chi connectivity index (χ1) is 11.6. The number of carbonyl (C=O) groups excluding carboxylic acids is 2. The summed E-state index contributed by atoms with van der Waals surface area (Å²) in [6.45, 7) is 2.92. The third kappa shape index (κ3) is 3.97. The van der Waals surface area contributed by atoms with Crippen LogP contribution >= 0.6 is 11.8 Å². The van der Waals surface area contributed by atoms with Crippen molar-refractivity contribution in [3.63, 3.8) is 0 Å². The molecule has 0 N–H and O–H groups in total. The van der Waals surface area contributed by atoms with Gasteiger partial charge in [-0.2, -0.15) is 0 Å². The van der Waals surface area contributed by atoms with E-state index in [0.717, 1.165) is 18.5 Å². The number of nitrogens with zero attached hydrogens (tertiary/aromatic N) is 3. The molecule has 1 unspecified atom stereocenters. The molecule has 0 spiro atoms. The van der Waals surface area contributed by atoms with Crippen molar-refractivity contribution in [2.75, 3.05) is 12.3 Å². The fraction of sp³-hybridized carbons (Fsp3) is 0.353. The van der Waals surface area contributed by atoms with E-state index in [1.165, 1.54) is 6.92 Å². The van der Waals surface area contributed by atoms with E-state index in [1.807, 2.05) is 27.8 Å². The van der Waals surface area contributed by atoms with Gasteiger partial charge in [-0.1, -0.05) is 12.1 Å². The summed E-state index contributed by atoms with van der Waals surface area (Å²) in [7, 11) is 0. The SMILES string of the molecule is CC(=O)Oc1ccc(C2SCC(=O)N2CCCn2ccnc2)cc1. The number of hydrogen-bond donors (Lipinski definition) is 0. The number of amides is 1. The first kappa shape index (κ1) is 16.6. The number of imidazole rings is 1. The summed E-state index contributed by atoms with van der Waals surface area (Å²) in [5.74, 6) is 0.850. The molecule has 6 nitrogen and oxygen atoms in total. The van der Waals surface area contributed by atoms with Crippen LogP contribution in [0, 0.1) is 0 Å². The Balaban J connectivity index is 1.62. The van der Waals surface area contributed by atoms with Crippen LogP contribution in [0.4, 0.5) is 0 Å². The lowest BCUT2D eigenvalue weighted by atomic mass is 10.2. The molecule has 1 amide bonds. The number of benzene rings is 1. The van der Waals surface area contributed by atoms with Crippen LogP contribution in [-0.2, 0) is 16.1 Å². The number of ether oxygens (including phenoxy) is 1. The summed E-state index contributed by atoms with van der Waals surface area (Å²) in [5, 5.41) is 0.0201. The Hall–Kier alpha value is -2.28. The van der Waals surface area contributed by atoms with Crippen molar-refractivity contribution in [2.45, 2.75) is 25.3 Å². The van der Waals surface area contributed by atoms with Gasteiger partial charge >= 0.3 is 5.97 Å². The fourth-order valence-corrected chi connectivity index (χ4v) is 3.90. The second kappa shape index (κ2) is 7.53. The third-order valence-corrected chi connectivity index (χ3v) is 5.03. The van der Waals surface area contributed by atoms with Crippen molar-refractivity contribution in [1.82, 2.24) is 14.5 Å². The summed E-state index contributed by atoms with van der Waals surface area (Å²) in [6.07, 6.45) is 6.34. The van der Waals surface area contributed by atoms with Crippen molar-refractivity contribution in [3.05, 3.63) is 48.5 Å². The monoisotopic (exact) mass is 345 g/mol. The highest BCUT2D eigenvalue weighted by molar-refractivity contribution is 8.00. The average molecular weight is 345 g/mol. The Labute approximate surface area is 144 Å². The van der Waals surface area contributed by atoms with Crippen LogP contribution in [0.1, 0.15) is 24.3 Å². The number of carbonyl (C=O) groups is 2. The van der Waals surface area contributed by atoms with E-state index in [4.69, 9.17) is 4.74 Å². The number of hydrogen-bond acceptors (Lipinski definition) is 5. The quantitative estimate of drug-likeness (QED) is 0.594. The number of aromatic nitrogens is 2. The van der Waals surface area contributed by atoms with Gasteiger partial charge < -0.3 is 14.2 Å². The van der Waals surface area contributed by atoms with Crippen LogP contribution in [0.15, 0.2) is 43.0 Å². The molecule has 0 bridgehead atoms. The predicted molar refractivity (Wildman–Crippen MR) is 91.5 cm³/mol. The van der Waals surface area contributed by atoms with Gasteiger partial charge in [-0.05, 0) is 24.1 Å². The molecule has 0 radical (unpaired) electrons. The summed E-state index contributed by atoms with van der Waals surface area (Å²) in [6, 6.07) is 7.36. The fourth-order valence-electron chi connectivity index (χ4n) is 2.68. The van der Waals surface area contributed by atoms with E-state index in [2.05, 4.69) is 4.98 Å². The van der Waals surface area contributed by atoms with Gasteiger partial charge in [0.2, 0.25) is 5.91 Å². The lowest BCUT2D eigenvalue weighted by Gasteiger charge is -2.24. The van der Waals surface area contributed by atoms with Crippen molar-refractivity contribution in [3.8, 4) is 5.75 Å². The van der Waals surface area contributed by atoms with Gasteiger partial charge in [0.25, 0.3) is 0 Å². The van der Waals surface area contributed by atoms with Crippen molar-refractivity contribution < 1.29 is 14.3 Å². The zero-order valence-corrected chi connectivity index (χ0v) is 14.2. The number of aryl methyl sites for hydroxylation is 1. The highest BCUT2D eigenvalue weighted by atomic mass is 32.2. The molecule has 1 saturated heterocycles. The first-order valence-corrected chi connectivity index (χ1v) is 8.83. The highest BCUT2D eigenvalue weighted by Crippen LogP contribution is 2.39. The third-order valence-electron chi connectivity index (χ3n) is 3.77. The second-order valence-electron chi connectivity index (χ2n) is 5.57. The Morgan fingerprint density at radius 3 is 2.79 bits per heavy atom. The maximum absolute atomic E-state index is 12.2. The molecule has 2 heterocycles. The van der Waals surface area contributed by atoms with E-state index >= 15 is 0 Å². The minimum atomic E-state index is -0.339. The minimum absolute atomic E-state index is 0.0201. The van der Waals surface area contributed by atoms with Gasteiger partial charge in [0.15, 0.2) is 0 Å². The molecule has 0 saturated carbocycles. The molecule has 3 rings (SSSR count). The number of esters is 1. The van der Waals surface area contributed by atoms with Crippen LogP contribution in [-0.4, -0.2) is 38.6 Å². The summed E-state index contributed by atoms with van der Waals surface area (Å²) < 4.78 is 7.06. The molecule has 24 heavy (non-hydrogen) atoms. The largest absolute Gasteiger partial charge is 0.427 e. The van der Waals surface area contributed by atoms with Crippen LogP contribution in [0.3, 0.4) is 0 Å². The van der Waals surface area contributed by atoms with E-state index in [-0.39, 0.29) is 17.3 Å². The molecule has 1 fully saturated rings. The predicted octanol–water partition coefficient (Wildman–Crippen LogP) is 2.47. The molecule has 126 valence electrons. The van der Waals surface area contributed by atoms with Gasteiger partial charge in [-0.25, -0.2) is 4.98 Å². The van der Waals surface area contributed by atoms with Crippen LogP contribution in [0.25, 0.3) is 0 Å². The normalized spacial score (nSPS) is 17.3. The van der Waals surface area contributed by atoms with E-state index in [1.54, 1.807) is 36.4 Å². The maximum atomic E-state index is 12.2. The molecule has 7 heteroatoms. The molecule has 1 aromatic heterocycles. The van der Waals surface area contributed by atoms with Gasteiger partial charge in [0.1, 0.15) is 11.1 Å². The Bertz CT molecular complexity index is 700. The highest BCUT2D eigenvalue weighted by Gasteiger charge is 2.32.